The average Bonchev–Trinajstić information content (AvgIpc) is 2.90. The third-order valence-corrected chi connectivity index (χ3v) is 3.63. The first-order chi connectivity index (χ1) is 7.88. The number of nitrogens with one attached hydrogen (secondary N) is 1. The summed E-state index contributed by atoms with van der Waals surface area (Å²) in [5, 5.41) is 12.3. The Bertz CT molecular complexity index is 437. The van der Waals surface area contributed by atoms with Crippen LogP contribution in [-0.2, 0) is 0 Å². The second-order valence-corrected chi connectivity index (χ2v) is 4.48. The molecule has 1 aromatic heterocycles. The topological polar surface area (TPSA) is 52.0 Å². The molecule has 0 unspecified atom stereocenters. The van der Waals surface area contributed by atoms with Gasteiger partial charge in [-0.1, -0.05) is 0 Å². The fourth-order valence-corrected chi connectivity index (χ4v) is 2.83. The fourth-order valence-electron chi connectivity index (χ4n) is 2.83. The van der Waals surface area contributed by atoms with Gasteiger partial charge in [-0.05, 0) is 24.5 Å². The van der Waals surface area contributed by atoms with Crippen LogP contribution in [0.2, 0.25) is 0 Å². The molecule has 0 bridgehead atoms. The molecule has 0 aromatic carbocycles. The summed E-state index contributed by atoms with van der Waals surface area (Å²) in [6.07, 6.45) is 2.98. The van der Waals surface area contributed by atoms with Gasteiger partial charge in [0.15, 0.2) is 0 Å². The largest absolute Gasteiger partial charge is 0.367 e. The van der Waals surface area contributed by atoms with Gasteiger partial charge < -0.3 is 10.2 Å². The van der Waals surface area contributed by atoms with E-state index in [1.54, 1.807) is 6.20 Å². The molecule has 0 spiro atoms. The van der Waals surface area contributed by atoms with Crippen molar-refractivity contribution in [1.29, 1.82) is 5.26 Å². The average molecular weight is 214 g/mol. The molecule has 2 aliphatic rings. The number of nitriles is 1. The summed E-state index contributed by atoms with van der Waals surface area (Å²) in [5.74, 6) is 0.777. The maximum Gasteiger partial charge on any atom is 0.142 e. The Hall–Kier alpha value is -1.60. The van der Waals surface area contributed by atoms with Crippen LogP contribution in [-0.4, -0.2) is 30.7 Å². The van der Waals surface area contributed by atoms with Crippen LogP contribution in [0.4, 0.5) is 5.69 Å². The normalized spacial score (nSPS) is 27.8. The number of fused-ring (bicyclic) bond motifs is 1. The van der Waals surface area contributed by atoms with Crippen molar-refractivity contribution in [3.63, 3.8) is 0 Å². The predicted molar refractivity (Wildman–Crippen MR) is 61.1 cm³/mol. The fraction of sp³-hybridized carbons (Fsp3) is 0.500. The molecule has 0 amide bonds. The Labute approximate surface area is 94.9 Å². The first kappa shape index (κ1) is 9.61. The van der Waals surface area contributed by atoms with Gasteiger partial charge in [0, 0.05) is 37.6 Å². The van der Waals surface area contributed by atoms with Crippen molar-refractivity contribution in [3.8, 4) is 6.07 Å². The van der Waals surface area contributed by atoms with E-state index in [2.05, 4.69) is 21.3 Å². The van der Waals surface area contributed by atoms with Gasteiger partial charge >= 0.3 is 0 Å². The molecule has 2 saturated heterocycles. The van der Waals surface area contributed by atoms with E-state index in [0.29, 0.717) is 11.7 Å². The minimum Gasteiger partial charge on any atom is -0.367 e. The molecule has 2 fully saturated rings. The molecule has 0 radical (unpaired) electrons. The monoisotopic (exact) mass is 214 g/mol. The summed E-state index contributed by atoms with van der Waals surface area (Å²) in [6, 6.07) is 6.59. The zero-order valence-corrected chi connectivity index (χ0v) is 9.06. The third kappa shape index (κ3) is 1.44. The molecule has 0 saturated carbocycles. The van der Waals surface area contributed by atoms with Crippen molar-refractivity contribution in [2.75, 3.05) is 24.5 Å². The van der Waals surface area contributed by atoms with Gasteiger partial charge in [0.1, 0.15) is 11.8 Å². The van der Waals surface area contributed by atoms with Gasteiger partial charge in [-0.15, -0.1) is 0 Å². The van der Waals surface area contributed by atoms with E-state index in [4.69, 9.17) is 5.26 Å². The van der Waals surface area contributed by atoms with Crippen LogP contribution in [0.15, 0.2) is 18.3 Å². The van der Waals surface area contributed by atoms with Crippen molar-refractivity contribution in [2.24, 2.45) is 5.92 Å². The summed E-state index contributed by atoms with van der Waals surface area (Å²) in [7, 11) is 0. The van der Waals surface area contributed by atoms with Crippen molar-refractivity contribution in [2.45, 2.75) is 12.5 Å². The van der Waals surface area contributed by atoms with Crippen LogP contribution in [0.25, 0.3) is 0 Å². The number of hydrogen-bond donors (Lipinski definition) is 1. The summed E-state index contributed by atoms with van der Waals surface area (Å²) in [5.41, 5.74) is 1.65. The zero-order valence-electron chi connectivity index (χ0n) is 9.06. The van der Waals surface area contributed by atoms with Gasteiger partial charge in [-0.3, -0.25) is 0 Å². The van der Waals surface area contributed by atoms with Crippen LogP contribution in [0.1, 0.15) is 12.1 Å². The lowest BCUT2D eigenvalue weighted by Crippen LogP contribution is -2.34. The third-order valence-electron chi connectivity index (χ3n) is 3.63. The van der Waals surface area contributed by atoms with Crippen LogP contribution >= 0.6 is 0 Å². The predicted octanol–water partition coefficient (Wildman–Crippen LogP) is 0.751. The molecular weight excluding hydrogens is 200 g/mol. The van der Waals surface area contributed by atoms with Gasteiger partial charge in [-0.25, -0.2) is 4.98 Å². The zero-order chi connectivity index (χ0) is 11.0. The maximum atomic E-state index is 8.85. The van der Waals surface area contributed by atoms with Gasteiger partial charge in [0.25, 0.3) is 0 Å². The molecule has 82 valence electrons. The highest BCUT2D eigenvalue weighted by molar-refractivity contribution is 5.51. The number of anilines is 1. The Balaban J connectivity index is 1.89. The first-order valence-corrected chi connectivity index (χ1v) is 5.72. The Morgan fingerprint density at radius 1 is 1.50 bits per heavy atom. The minimum absolute atomic E-state index is 0.506. The Kier molecular flexibility index (Phi) is 2.26. The highest BCUT2D eigenvalue weighted by atomic mass is 15.2. The number of pyridine rings is 1. The molecule has 2 aliphatic heterocycles. The van der Waals surface area contributed by atoms with E-state index in [1.165, 1.54) is 6.42 Å². The minimum atomic E-state index is 0.506. The van der Waals surface area contributed by atoms with Crippen molar-refractivity contribution >= 4 is 5.69 Å². The maximum absolute atomic E-state index is 8.85. The molecule has 0 aliphatic carbocycles. The highest BCUT2D eigenvalue weighted by Crippen LogP contribution is 2.31. The lowest BCUT2D eigenvalue weighted by Gasteiger charge is -2.25. The lowest BCUT2D eigenvalue weighted by molar-refractivity contribution is 0.578. The summed E-state index contributed by atoms with van der Waals surface area (Å²) in [4.78, 5) is 6.42. The van der Waals surface area contributed by atoms with Crippen molar-refractivity contribution in [3.05, 3.63) is 24.0 Å². The van der Waals surface area contributed by atoms with E-state index in [1.807, 2.05) is 12.1 Å². The Morgan fingerprint density at radius 3 is 3.31 bits per heavy atom. The molecule has 2 atom stereocenters. The second kappa shape index (κ2) is 3.76. The quantitative estimate of drug-likeness (QED) is 0.749. The SMILES string of the molecule is N#Cc1cc(N2CC[C@H]3CNC[C@H]32)ccn1. The van der Waals surface area contributed by atoms with E-state index in [-0.39, 0.29) is 0 Å². The van der Waals surface area contributed by atoms with Gasteiger partial charge in [0.05, 0.1) is 0 Å². The van der Waals surface area contributed by atoms with Crippen LogP contribution in [0.3, 0.4) is 0 Å². The van der Waals surface area contributed by atoms with Gasteiger partial charge in [0.2, 0.25) is 0 Å². The molecular formula is C12H14N4. The number of hydrogen-bond acceptors (Lipinski definition) is 4. The van der Waals surface area contributed by atoms with Crippen molar-refractivity contribution in [1.82, 2.24) is 10.3 Å². The number of nitrogens with zero attached hydrogens (tertiary/aromatic N) is 3. The van der Waals surface area contributed by atoms with E-state index in [0.717, 1.165) is 31.2 Å². The van der Waals surface area contributed by atoms with Crippen LogP contribution in [0.5, 0.6) is 0 Å². The molecule has 16 heavy (non-hydrogen) atoms. The van der Waals surface area contributed by atoms with E-state index in [9.17, 15) is 0 Å². The van der Waals surface area contributed by atoms with E-state index >= 15 is 0 Å². The van der Waals surface area contributed by atoms with Crippen molar-refractivity contribution < 1.29 is 0 Å². The molecule has 3 rings (SSSR count). The molecule has 3 heterocycles. The van der Waals surface area contributed by atoms with Crippen LogP contribution in [0, 0.1) is 17.2 Å². The molecule has 4 heteroatoms. The summed E-state index contributed by atoms with van der Waals surface area (Å²) < 4.78 is 0. The molecule has 4 nitrogen and oxygen atoms in total. The van der Waals surface area contributed by atoms with E-state index < -0.39 is 0 Å². The lowest BCUT2D eigenvalue weighted by atomic mass is 10.1. The summed E-state index contributed by atoms with van der Waals surface area (Å²) >= 11 is 0. The molecule has 1 aromatic rings. The van der Waals surface area contributed by atoms with Gasteiger partial charge in [-0.2, -0.15) is 5.26 Å². The van der Waals surface area contributed by atoms with Crippen LogP contribution < -0.4 is 10.2 Å². The number of rotatable bonds is 1. The number of aromatic nitrogens is 1. The Morgan fingerprint density at radius 2 is 2.44 bits per heavy atom. The molecule has 1 N–H and O–H groups in total. The second-order valence-electron chi connectivity index (χ2n) is 4.48. The summed E-state index contributed by atoms with van der Waals surface area (Å²) in [6.45, 7) is 3.30. The highest BCUT2D eigenvalue weighted by Gasteiger charge is 2.37. The standard InChI is InChI=1S/C12H14N4/c13-6-10-5-11(1-3-15-10)16-4-2-9-7-14-8-12(9)16/h1,3,5,9,12,14H,2,4,7-8H2/t9-,12+/m0/s1. The smallest absolute Gasteiger partial charge is 0.142 e. The first-order valence-electron chi connectivity index (χ1n) is 5.72.